The van der Waals surface area contributed by atoms with Crippen molar-refractivity contribution in [1.29, 1.82) is 0 Å². The molecule has 0 spiro atoms. The summed E-state index contributed by atoms with van der Waals surface area (Å²) in [5.41, 5.74) is 1.81. The number of benzene rings is 1. The van der Waals surface area contributed by atoms with Gasteiger partial charge in [0.1, 0.15) is 17.8 Å². The average molecular weight is 327 g/mol. The molecule has 2 aromatic rings. The lowest BCUT2D eigenvalue weighted by Crippen LogP contribution is -2.13. The number of aryl methyl sites for hydroxylation is 1. The Labute approximate surface area is 141 Å². The van der Waals surface area contributed by atoms with Gasteiger partial charge in [0.2, 0.25) is 0 Å². The lowest BCUT2D eigenvalue weighted by molar-refractivity contribution is -0.385. The summed E-state index contributed by atoms with van der Waals surface area (Å²) >= 11 is 0. The molecule has 0 atom stereocenters. The molecule has 1 fully saturated rings. The van der Waals surface area contributed by atoms with Crippen LogP contribution in [0.4, 0.5) is 11.5 Å². The van der Waals surface area contributed by atoms with Gasteiger partial charge in [-0.25, -0.2) is 4.98 Å². The van der Waals surface area contributed by atoms with E-state index in [1.165, 1.54) is 25.1 Å². The zero-order valence-electron chi connectivity index (χ0n) is 13.7. The Morgan fingerprint density at radius 3 is 2.79 bits per heavy atom. The van der Waals surface area contributed by atoms with Gasteiger partial charge < -0.3 is 10.1 Å². The number of nitrogens with zero attached hydrogens (tertiary/aromatic N) is 2. The van der Waals surface area contributed by atoms with Crippen molar-refractivity contribution in [3.8, 4) is 5.75 Å². The van der Waals surface area contributed by atoms with E-state index in [9.17, 15) is 10.1 Å². The van der Waals surface area contributed by atoms with E-state index in [-0.39, 0.29) is 5.69 Å². The number of para-hydroxylation sites is 1. The van der Waals surface area contributed by atoms with Gasteiger partial charge in [-0.3, -0.25) is 10.1 Å². The first-order valence-electron chi connectivity index (χ1n) is 8.23. The van der Waals surface area contributed by atoms with Gasteiger partial charge >= 0.3 is 0 Å². The average Bonchev–Trinajstić information content (AvgIpc) is 3.08. The van der Waals surface area contributed by atoms with Crippen LogP contribution < -0.4 is 10.1 Å². The second-order valence-electron chi connectivity index (χ2n) is 6.10. The molecule has 0 amide bonds. The van der Waals surface area contributed by atoms with Crippen LogP contribution in [0.1, 0.15) is 36.8 Å². The summed E-state index contributed by atoms with van der Waals surface area (Å²) in [5, 5.41) is 14.0. The van der Waals surface area contributed by atoms with E-state index in [0.29, 0.717) is 18.5 Å². The first-order valence-corrected chi connectivity index (χ1v) is 8.23. The minimum absolute atomic E-state index is 0.00279. The van der Waals surface area contributed by atoms with E-state index >= 15 is 0 Å². The fourth-order valence-electron chi connectivity index (χ4n) is 2.97. The van der Waals surface area contributed by atoms with E-state index in [1.54, 1.807) is 0 Å². The van der Waals surface area contributed by atoms with Crippen LogP contribution in [-0.4, -0.2) is 16.0 Å². The predicted molar refractivity (Wildman–Crippen MR) is 92.3 cm³/mol. The number of hydrogen-bond acceptors (Lipinski definition) is 5. The molecule has 1 saturated carbocycles. The molecule has 3 rings (SSSR count). The highest BCUT2D eigenvalue weighted by molar-refractivity contribution is 5.49. The molecule has 1 N–H and O–H groups in total. The number of nitrogens with one attached hydrogen (secondary N) is 1. The van der Waals surface area contributed by atoms with Crippen molar-refractivity contribution in [3.05, 3.63) is 57.8 Å². The third kappa shape index (κ3) is 3.82. The number of pyridine rings is 1. The summed E-state index contributed by atoms with van der Waals surface area (Å²) in [7, 11) is 0. The van der Waals surface area contributed by atoms with Crippen LogP contribution in [0, 0.1) is 17.0 Å². The fraction of sp³-hybridized carbons (Fsp3) is 0.389. The van der Waals surface area contributed by atoms with Crippen LogP contribution in [-0.2, 0) is 6.54 Å². The van der Waals surface area contributed by atoms with E-state index in [2.05, 4.69) is 10.3 Å². The fourth-order valence-corrected chi connectivity index (χ4v) is 2.97. The van der Waals surface area contributed by atoms with Crippen LogP contribution in [0.25, 0.3) is 0 Å². The monoisotopic (exact) mass is 327 g/mol. The zero-order chi connectivity index (χ0) is 16.9. The molecule has 6 nitrogen and oxygen atoms in total. The second-order valence-corrected chi connectivity index (χ2v) is 6.10. The van der Waals surface area contributed by atoms with Crippen LogP contribution in [0.3, 0.4) is 0 Å². The standard InChI is InChI=1S/C18H21N3O3/c1-13-10-15(21(22)23)12-20-18(13)19-11-14-6-2-5-9-17(14)24-16-7-3-4-8-16/h2,5-6,9-10,12,16H,3-4,7-8,11H2,1H3,(H,19,20). The Morgan fingerprint density at radius 1 is 1.33 bits per heavy atom. The maximum absolute atomic E-state index is 10.8. The number of anilines is 1. The topological polar surface area (TPSA) is 77.3 Å². The Hall–Kier alpha value is -2.63. The predicted octanol–water partition coefficient (Wildman–Crippen LogP) is 4.23. The maximum Gasteiger partial charge on any atom is 0.287 e. The first kappa shape index (κ1) is 16.2. The van der Waals surface area contributed by atoms with Crippen LogP contribution in [0.15, 0.2) is 36.5 Å². The molecule has 0 saturated heterocycles. The summed E-state index contributed by atoms with van der Waals surface area (Å²) in [4.78, 5) is 14.5. The molecule has 0 bridgehead atoms. The number of aromatic nitrogens is 1. The highest BCUT2D eigenvalue weighted by atomic mass is 16.6. The molecule has 1 heterocycles. The number of hydrogen-bond donors (Lipinski definition) is 1. The second kappa shape index (κ2) is 7.29. The van der Waals surface area contributed by atoms with Crippen molar-refractivity contribution in [2.45, 2.75) is 45.3 Å². The molecule has 1 aliphatic rings. The van der Waals surface area contributed by atoms with Gasteiger partial charge in [-0.1, -0.05) is 18.2 Å². The molecule has 6 heteroatoms. The quantitative estimate of drug-likeness (QED) is 0.634. The van der Waals surface area contributed by atoms with Gasteiger partial charge in [-0.2, -0.15) is 0 Å². The summed E-state index contributed by atoms with van der Waals surface area (Å²) < 4.78 is 6.13. The van der Waals surface area contributed by atoms with Crippen LogP contribution in [0.5, 0.6) is 5.75 Å². The minimum atomic E-state index is -0.436. The number of ether oxygens (including phenoxy) is 1. The Kier molecular flexibility index (Phi) is 4.93. The van der Waals surface area contributed by atoms with Gasteiger partial charge in [0, 0.05) is 18.2 Å². The van der Waals surface area contributed by atoms with Crippen molar-refractivity contribution in [2.75, 3.05) is 5.32 Å². The van der Waals surface area contributed by atoms with Crippen LogP contribution in [0.2, 0.25) is 0 Å². The normalized spacial score (nSPS) is 14.5. The third-order valence-electron chi connectivity index (χ3n) is 4.29. The summed E-state index contributed by atoms with van der Waals surface area (Å²) in [5.74, 6) is 1.55. The molecule has 1 aliphatic carbocycles. The molecular weight excluding hydrogens is 306 g/mol. The van der Waals surface area contributed by atoms with Crippen molar-refractivity contribution in [3.63, 3.8) is 0 Å². The third-order valence-corrected chi connectivity index (χ3v) is 4.29. The van der Waals surface area contributed by atoms with Crippen LogP contribution >= 0.6 is 0 Å². The molecule has 1 aromatic carbocycles. The SMILES string of the molecule is Cc1cc([N+](=O)[O-])cnc1NCc1ccccc1OC1CCCC1. The summed E-state index contributed by atoms with van der Waals surface area (Å²) in [6.07, 6.45) is 6.28. The van der Waals surface area contributed by atoms with E-state index in [4.69, 9.17) is 4.74 Å². The van der Waals surface area contributed by atoms with Gasteiger partial charge in [0.15, 0.2) is 0 Å². The first-order chi connectivity index (χ1) is 11.6. The van der Waals surface area contributed by atoms with Crippen molar-refractivity contribution in [1.82, 2.24) is 4.98 Å². The lowest BCUT2D eigenvalue weighted by atomic mass is 10.2. The van der Waals surface area contributed by atoms with Gasteiger partial charge in [0.05, 0.1) is 11.0 Å². The van der Waals surface area contributed by atoms with Crippen molar-refractivity contribution >= 4 is 11.5 Å². The van der Waals surface area contributed by atoms with Gasteiger partial charge in [-0.15, -0.1) is 0 Å². The van der Waals surface area contributed by atoms with E-state index in [1.807, 2.05) is 31.2 Å². The molecule has 24 heavy (non-hydrogen) atoms. The Bertz CT molecular complexity index is 727. The Morgan fingerprint density at radius 2 is 2.08 bits per heavy atom. The minimum Gasteiger partial charge on any atom is -0.490 e. The zero-order valence-corrected chi connectivity index (χ0v) is 13.7. The highest BCUT2D eigenvalue weighted by Crippen LogP contribution is 2.27. The number of rotatable bonds is 6. The number of nitro groups is 1. The van der Waals surface area contributed by atoms with Crippen molar-refractivity contribution in [2.24, 2.45) is 0 Å². The van der Waals surface area contributed by atoms with E-state index in [0.717, 1.165) is 29.7 Å². The van der Waals surface area contributed by atoms with Gasteiger partial charge in [0.25, 0.3) is 5.69 Å². The molecule has 0 unspecified atom stereocenters. The lowest BCUT2D eigenvalue weighted by Gasteiger charge is -2.17. The molecule has 1 aromatic heterocycles. The summed E-state index contributed by atoms with van der Waals surface area (Å²) in [6, 6.07) is 9.50. The largest absolute Gasteiger partial charge is 0.490 e. The van der Waals surface area contributed by atoms with E-state index < -0.39 is 4.92 Å². The smallest absolute Gasteiger partial charge is 0.287 e. The maximum atomic E-state index is 10.8. The Balaban J connectivity index is 1.69. The van der Waals surface area contributed by atoms with Gasteiger partial charge in [-0.05, 0) is 44.2 Å². The van der Waals surface area contributed by atoms with Crippen molar-refractivity contribution < 1.29 is 9.66 Å². The highest BCUT2D eigenvalue weighted by Gasteiger charge is 2.18. The summed E-state index contributed by atoms with van der Waals surface area (Å²) in [6.45, 7) is 2.37. The molecule has 126 valence electrons. The molecule has 0 radical (unpaired) electrons. The molecule has 0 aliphatic heterocycles. The molecular formula is C18H21N3O3.